The standard InChI is InChI=1S/C46H75ClN2O7/c1-6-7-8-9-10-11-12-13-14-19-33-54-41(51)20-15-17-30-49(44(53)55-34-32-48(4)5)31-18-16-21-42(52)56-40-25-24-36-35-22-23-38-43(47)39(50)27-29-45(38,2)37(35)26-28-46(36,40)3/h13-14,35-37,40H,6-12,15-34H2,1-5H3/b14-13+. The molecule has 0 spiro atoms. The van der Waals surface area contributed by atoms with Gasteiger partial charge in [0.1, 0.15) is 12.7 Å². The first kappa shape index (κ1) is 46.3. The highest BCUT2D eigenvalue weighted by molar-refractivity contribution is 6.43. The molecule has 3 saturated carbocycles. The number of Topliss-reactive ketones (excluding diaryl/α,β-unsaturated/α-hetero) is 1. The first-order valence-electron chi connectivity index (χ1n) is 22.4. The van der Waals surface area contributed by atoms with E-state index in [1.54, 1.807) is 4.90 Å². The molecule has 0 N–H and O–H groups in total. The average Bonchev–Trinajstić information content (AvgIpc) is 3.50. The van der Waals surface area contributed by atoms with E-state index in [1.165, 1.54) is 44.1 Å². The SMILES string of the molecule is CCCCCCCC/C=C/CCOC(=O)CCCCN(CCCCC(=O)OC1CCC2C3CCC4=C(Cl)C(=O)CCC4(C)C3CCC12C)C(=O)OCCN(C)C. The number of likely N-dealkylation sites (N-methyl/N-ethyl adjacent to an activating group) is 1. The second-order valence-electron chi connectivity index (χ2n) is 18.0. The maximum atomic E-state index is 13.2. The molecule has 0 heterocycles. The van der Waals surface area contributed by atoms with Gasteiger partial charge in [0, 0.05) is 44.3 Å². The van der Waals surface area contributed by atoms with Crippen LogP contribution in [0.2, 0.25) is 0 Å². The van der Waals surface area contributed by atoms with Gasteiger partial charge < -0.3 is 24.0 Å². The monoisotopic (exact) mass is 803 g/mol. The van der Waals surface area contributed by atoms with Crippen molar-refractivity contribution in [3.8, 4) is 0 Å². The normalized spacial score (nSPS) is 27.2. The van der Waals surface area contributed by atoms with Gasteiger partial charge in [-0.25, -0.2) is 4.79 Å². The lowest BCUT2D eigenvalue weighted by molar-refractivity contribution is -0.160. The Kier molecular flexibility index (Phi) is 19.2. The Labute approximate surface area is 344 Å². The molecule has 0 aromatic rings. The molecule has 0 saturated heterocycles. The maximum absolute atomic E-state index is 13.2. The molecule has 4 aliphatic carbocycles. The Bertz CT molecular complexity index is 1350. The molecule has 0 aliphatic heterocycles. The van der Waals surface area contributed by atoms with Crippen molar-refractivity contribution in [2.45, 2.75) is 168 Å². The van der Waals surface area contributed by atoms with Crippen molar-refractivity contribution < 1.29 is 33.4 Å². The van der Waals surface area contributed by atoms with E-state index in [2.05, 4.69) is 32.9 Å². The molecule has 0 bridgehead atoms. The summed E-state index contributed by atoms with van der Waals surface area (Å²) in [5, 5.41) is 0.512. The molecule has 6 unspecified atom stereocenters. The van der Waals surface area contributed by atoms with E-state index in [-0.39, 0.29) is 40.7 Å². The summed E-state index contributed by atoms with van der Waals surface area (Å²) in [7, 11) is 3.88. The molecule has 0 aromatic heterocycles. The van der Waals surface area contributed by atoms with Gasteiger partial charge in [0.25, 0.3) is 0 Å². The first-order valence-corrected chi connectivity index (χ1v) is 22.8. The Hall–Kier alpha value is -2.39. The summed E-state index contributed by atoms with van der Waals surface area (Å²) in [6.45, 7) is 9.26. The van der Waals surface area contributed by atoms with Crippen LogP contribution in [-0.2, 0) is 28.6 Å². The highest BCUT2D eigenvalue weighted by Crippen LogP contribution is 2.66. The van der Waals surface area contributed by atoms with E-state index in [0.29, 0.717) is 101 Å². The van der Waals surface area contributed by atoms with E-state index >= 15 is 0 Å². The molecule has 9 nitrogen and oxygen atoms in total. The van der Waals surface area contributed by atoms with Gasteiger partial charge in [0.2, 0.25) is 0 Å². The van der Waals surface area contributed by atoms with E-state index in [4.69, 9.17) is 25.8 Å². The third-order valence-electron chi connectivity index (χ3n) is 13.8. The number of fused-ring (bicyclic) bond motifs is 5. The number of hydrogen-bond donors (Lipinski definition) is 0. The minimum absolute atomic E-state index is 0.00641. The van der Waals surface area contributed by atoms with Crippen LogP contribution in [0.15, 0.2) is 22.8 Å². The highest BCUT2D eigenvalue weighted by atomic mass is 35.5. The molecule has 318 valence electrons. The van der Waals surface area contributed by atoms with Crippen molar-refractivity contribution in [3.63, 3.8) is 0 Å². The van der Waals surface area contributed by atoms with Gasteiger partial charge in [-0.2, -0.15) is 0 Å². The Morgan fingerprint density at radius 2 is 1.45 bits per heavy atom. The van der Waals surface area contributed by atoms with Gasteiger partial charge >= 0.3 is 18.0 Å². The van der Waals surface area contributed by atoms with Crippen molar-refractivity contribution in [3.05, 3.63) is 22.8 Å². The molecule has 4 rings (SSSR count). The number of allylic oxidation sites excluding steroid dienone is 2. The lowest BCUT2D eigenvalue weighted by Gasteiger charge is -2.58. The molecule has 4 aliphatic rings. The number of amides is 1. The molecule has 56 heavy (non-hydrogen) atoms. The number of hydrogen-bond acceptors (Lipinski definition) is 8. The Balaban J connectivity index is 1.15. The Morgan fingerprint density at radius 3 is 2.18 bits per heavy atom. The van der Waals surface area contributed by atoms with E-state index < -0.39 is 0 Å². The largest absolute Gasteiger partial charge is 0.465 e. The van der Waals surface area contributed by atoms with Crippen LogP contribution < -0.4 is 0 Å². The number of nitrogens with zero attached hydrogens (tertiary/aromatic N) is 2. The second kappa shape index (κ2) is 23.3. The number of rotatable bonds is 24. The summed E-state index contributed by atoms with van der Waals surface area (Å²) in [5.74, 6) is 1.39. The molecule has 10 heteroatoms. The number of carbonyl (C=O) groups is 4. The van der Waals surface area contributed by atoms with Crippen LogP contribution in [0, 0.1) is 28.6 Å². The summed E-state index contributed by atoms with van der Waals surface area (Å²) in [4.78, 5) is 54.6. The van der Waals surface area contributed by atoms with Gasteiger partial charge in [-0.05, 0) is 133 Å². The van der Waals surface area contributed by atoms with Gasteiger partial charge in [-0.1, -0.05) is 76.6 Å². The van der Waals surface area contributed by atoms with Gasteiger partial charge in [0.05, 0.1) is 11.6 Å². The van der Waals surface area contributed by atoms with Crippen molar-refractivity contribution in [1.82, 2.24) is 9.80 Å². The van der Waals surface area contributed by atoms with E-state index in [1.807, 2.05) is 19.0 Å². The number of ketones is 1. The first-order chi connectivity index (χ1) is 26.9. The number of carbonyl (C=O) groups excluding carboxylic acids is 4. The average molecular weight is 804 g/mol. The van der Waals surface area contributed by atoms with Crippen LogP contribution >= 0.6 is 11.6 Å². The predicted octanol–water partition coefficient (Wildman–Crippen LogP) is 10.6. The Morgan fingerprint density at radius 1 is 0.750 bits per heavy atom. The predicted molar refractivity (Wildman–Crippen MR) is 223 cm³/mol. The second-order valence-corrected chi connectivity index (χ2v) is 18.4. The zero-order valence-corrected chi connectivity index (χ0v) is 36.4. The van der Waals surface area contributed by atoms with E-state index in [9.17, 15) is 19.2 Å². The number of halogens is 1. The fourth-order valence-corrected chi connectivity index (χ4v) is 10.9. The molecule has 1 amide bonds. The zero-order chi connectivity index (χ0) is 40.6. The fourth-order valence-electron chi connectivity index (χ4n) is 10.4. The van der Waals surface area contributed by atoms with Crippen LogP contribution in [-0.4, -0.2) is 86.7 Å². The minimum atomic E-state index is -0.355. The maximum Gasteiger partial charge on any atom is 0.409 e. The van der Waals surface area contributed by atoms with Crippen LogP contribution in [0.4, 0.5) is 4.79 Å². The third-order valence-corrected chi connectivity index (χ3v) is 14.3. The molecular formula is C46H75ClN2O7. The molecule has 3 fully saturated rings. The zero-order valence-electron chi connectivity index (χ0n) is 35.7. The van der Waals surface area contributed by atoms with Gasteiger partial charge in [-0.3, -0.25) is 14.4 Å². The number of ether oxygens (including phenoxy) is 3. The topological polar surface area (TPSA) is 102 Å². The summed E-state index contributed by atoms with van der Waals surface area (Å²) >= 11 is 6.60. The summed E-state index contributed by atoms with van der Waals surface area (Å²) in [6, 6.07) is 0. The summed E-state index contributed by atoms with van der Waals surface area (Å²) in [5.41, 5.74) is 1.19. The fraction of sp³-hybridized carbons (Fsp3) is 0.826. The molecular weight excluding hydrogens is 728 g/mol. The van der Waals surface area contributed by atoms with Crippen LogP contribution in [0.3, 0.4) is 0 Å². The summed E-state index contributed by atoms with van der Waals surface area (Å²) in [6.07, 6.45) is 24.2. The molecule has 6 atom stereocenters. The number of esters is 2. The lowest BCUT2D eigenvalue weighted by Crippen LogP contribution is -2.52. The quantitative estimate of drug-likeness (QED) is 0.0411. The smallest absolute Gasteiger partial charge is 0.409 e. The van der Waals surface area contributed by atoms with Crippen molar-refractivity contribution >= 4 is 35.4 Å². The van der Waals surface area contributed by atoms with Gasteiger partial charge in [-0.15, -0.1) is 0 Å². The van der Waals surface area contributed by atoms with Crippen molar-refractivity contribution in [2.75, 3.05) is 46.9 Å². The molecule has 0 aromatic carbocycles. The molecule has 0 radical (unpaired) electrons. The summed E-state index contributed by atoms with van der Waals surface area (Å²) < 4.78 is 17.2. The van der Waals surface area contributed by atoms with Crippen LogP contribution in [0.1, 0.15) is 162 Å². The lowest BCUT2D eigenvalue weighted by atomic mass is 9.47. The van der Waals surface area contributed by atoms with Crippen LogP contribution in [0.25, 0.3) is 0 Å². The minimum Gasteiger partial charge on any atom is -0.465 e. The highest BCUT2D eigenvalue weighted by Gasteiger charge is 2.60. The van der Waals surface area contributed by atoms with Crippen molar-refractivity contribution in [1.29, 1.82) is 0 Å². The number of unbranched alkanes of at least 4 members (excludes halogenated alkanes) is 8. The van der Waals surface area contributed by atoms with Gasteiger partial charge in [0.15, 0.2) is 5.78 Å². The van der Waals surface area contributed by atoms with Crippen molar-refractivity contribution in [2.24, 2.45) is 28.6 Å². The van der Waals surface area contributed by atoms with Crippen LogP contribution in [0.5, 0.6) is 0 Å². The van der Waals surface area contributed by atoms with E-state index in [0.717, 1.165) is 57.8 Å². The third kappa shape index (κ3) is 13.1.